The fraction of sp³-hybridized carbons (Fsp3) is 0.345. The van der Waals surface area contributed by atoms with Crippen LogP contribution in [-0.2, 0) is 4.74 Å². The lowest BCUT2D eigenvalue weighted by molar-refractivity contribution is -0.0147. The molecule has 2 saturated heterocycles. The Morgan fingerprint density at radius 2 is 1.95 bits per heavy atom. The van der Waals surface area contributed by atoms with Crippen LogP contribution >= 0.6 is 0 Å². The minimum absolute atomic E-state index is 0.118. The van der Waals surface area contributed by atoms with Crippen molar-refractivity contribution in [2.24, 2.45) is 0 Å². The number of rotatable bonds is 5. The lowest BCUT2D eigenvalue weighted by atomic mass is 9.89. The molecule has 188 valence electrons. The third kappa shape index (κ3) is 4.01. The van der Waals surface area contributed by atoms with Crippen LogP contribution in [0.3, 0.4) is 0 Å². The van der Waals surface area contributed by atoms with Crippen molar-refractivity contribution in [2.45, 2.75) is 44.3 Å². The van der Waals surface area contributed by atoms with Crippen molar-refractivity contribution in [2.75, 3.05) is 24.6 Å². The van der Waals surface area contributed by atoms with E-state index in [-0.39, 0.29) is 11.7 Å². The molecule has 8 nitrogen and oxygen atoms in total. The molecule has 0 aliphatic carbocycles. The highest BCUT2D eigenvalue weighted by Crippen LogP contribution is 2.37. The zero-order valence-electron chi connectivity index (χ0n) is 20.9. The monoisotopic (exact) mass is 494 g/mol. The largest absolute Gasteiger partial charge is 0.486 e. The molecule has 8 heteroatoms. The molecular formula is C29H30N6O2. The summed E-state index contributed by atoms with van der Waals surface area (Å²) >= 11 is 0. The normalized spacial score (nSPS) is 18.1. The Balaban J connectivity index is 1.11. The van der Waals surface area contributed by atoms with Gasteiger partial charge >= 0.3 is 0 Å². The van der Waals surface area contributed by atoms with Gasteiger partial charge in [-0.25, -0.2) is 9.97 Å². The van der Waals surface area contributed by atoms with E-state index in [1.54, 1.807) is 0 Å². The summed E-state index contributed by atoms with van der Waals surface area (Å²) in [5.41, 5.74) is 4.91. The maximum absolute atomic E-state index is 6.37. The summed E-state index contributed by atoms with van der Waals surface area (Å²) in [6.07, 6.45) is 10.1. The van der Waals surface area contributed by atoms with Gasteiger partial charge in [-0.3, -0.25) is 5.10 Å². The van der Waals surface area contributed by atoms with Crippen molar-refractivity contribution >= 4 is 27.8 Å². The van der Waals surface area contributed by atoms with Gasteiger partial charge in [-0.1, -0.05) is 0 Å². The first-order valence-electron chi connectivity index (χ1n) is 13.1. The Morgan fingerprint density at radius 3 is 2.76 bits per heavy atom. The molecule has 1 aromatic carbocycles. The molecule has 6 heterocycles. The van der Waals surface area contributed by atoms with Crippen molar-refractivity contribution < 1.29 is 9.47 Å². The van der Waals surface area contributed by atoms with Crippen LogP contribution in [-0.4, -0.2) is 50.4 Å². The van der Waals surface area contributed by atoms with Crippen molar-refractivity contribution in [3.63, 3.8) is 0 Å². The van der Waals surface area contributed by atoms with Crippen molar-refractivity contribution in [3.05, 3.63) is 66.6 Å². The number of aromatic nitrogens is 5. The Hall–Kier alpha value is -3.91. The molecule has 37 heavy (non-hydrogen) atoms. The van der Waals surface area contributed by atoms with Crippen LogP contribution in [0.2, 0.25) is 0 Å². The molecule has 1 atom stereocenters. The Kier molecular flexibility index (Phi) is 5.35. The molecule has 0 amide bonds. The van der Waals surface area contributed by atoms with Crippen LogP contribution in [0.4, 0.5) is 5.82 Å². The Bertz CT molecular complexity index is 1540. The highest BCUT2D eigenvalue weighted by molar-refractivity contribution is 5.93. The lowest BCUT2D eigenvalue weighted by Gasteiger charge is -2.39. The number of piperidine rings is 1. The molecular weight excluding hydrogens is 464 g/mol. The zero-order valence-corrected chi connectivity index (χ0v) is 20.9. The number of benzene rings is 1. The average Bonchev–Trinajstić information content (AvgIpc) is 3.69. The van der Waals surface area contributed by atoms with Crippen LogP contribution in [0.5, 0.6) is 5.75 Å². The second-order valence-electron chi connectivity index (χ2n) is 10.2. The number of fused-ring (bicyclic) bond motifs is 2. The van der Waals surface area contributed by atoms with Gasteiger partial charge in [0.15, 0.2) is 0 Å². The average molecular weight is 495 g/mol. The first kappa shape index (κ1) is 22.3. The quantitative estimate of drug-likeness (QED) is 0.321. The fourth-order valence-corrected chi connectivity index (χ4v) is 5.90. The van der Waals surface area contributed by atoms with Crippen LogP contribution < -0.4 is 9.64 Å². The maximum Gasteiger partial charge on any atom is 0.137 e. The van der Waals surface area contributed by atoms with Gasteiger partial charge in [0.25, 0.3) is 0 Å². The van der Waals surface area contributed by atoms with Gasteiger partial charge in [0.05, 0.1) is 11.1 Å². The molecule has 2 N–H and O–H groups in total. The highest BCUT2D eigenvalue weighted by Gasteiger charge is 2.38. The van der Waals surface area contributed by atoms with Gasteiger partial charge in [0.1, 0.15) is 29.0 Å². The van der Waals surface area contributed by atoms with E-state index < -0.39 is 0 Å². The lowest BCUT2D eigenvalue weighted by Crippen LogP contribution is -2.44. The summed E-state index contributed by atoms with van der Waals surface area (Å²) in [5, 5.41) is 9.85. The first-order chi connectivity index (χ1) is 18.2. The molecule has 2 fully saturated rings. The number of pyridine rings is 2. The van der Waals surface area contributed by atoms with E-state index >= 15 is 0 Å². The minimum atomic E-state index is -0.131. The zero-order chi connectivity index (χ0) is 24.8. The minimum Gasteiger partial charge on any atom is -0.486 e. The second kappa shape index (κ2) is 8.88. The van der Waals surface area contributed by atoms with Gasteiger partial charge in [0, 0.05) is 60.2 Å². The van der Waals surface area contributed by atoms with Crippen LogP contribution in [0, 0.1) is 0 Å². The van der Waals surface area contributed by atoms with E-state index in [1.807, 2.05) is 42.9 Å². The molecule has 1 unspecified atom stereocenters. The number of aromatic amines is 2. The summed E-state index contributed by atoms with van der Waals surface area (Å²) in [6.45, 7) is 4.95. The number of nitrogens with zero attached hydrogens (tertiary/aromatic N) is 4. The summed E-state index contributed by atoms with van der Waals surface area (Å²) in [7, 11) is 0. The van der Waals surface area contributed by atoms with E-state index in [9.17, 15) is 0 Å². The van der Waals surface area contributed by atoms with E-state index in [0.717, 1.165) is 82.9 Å². The van der Waals surface area contributed by atoms with Crippen molar-refractivity contribution in [3.8, 4) is 17.0 Å². The number of nitrogens with one attached hydrogen (secondary N) is 2. The van der Waals surface area contributed by atoms with Gasteiger partial charge in [-0.05, 0) is 75.1 Å². The van der Waals surface area contributed by atoms with E-state index in [2.05, 4.69) is 50.2 Å². The number of H-pyrrole nitrogens is 2. The molecule has 0 bridgehead atoms. The van der Waals surface area contributed by atoms with Gasteiger partial charge in [0.2, 0.25) is 0 Å². The van der Waals surface area contributed by atoms with E-state index in [1.165, 1.54) is 12.8 Å². The molecule has 0 radical (unpaired) electrons. The van der Waals surface area contributed by atoms with Gasteiger partial charge in [-0.2, -0.15) is 5.10 Å². The van der Waals surface area contributed by atoms with E-state index in [4.69, 9.17) is 14.5 Å². The summed E-state index contributed by atoms with van der Waals surface area (Å²) in [5.74, 6) is 1.81. The van der Waals surface area contributed by atoms with Crippen LogP contribution in [0.1, 0.15) is 44.3 Å². The SMILES string of the molecule is CC(Oc1ccc2[nH]nc(-c3ccc(N4CCC5(CCCO5)CC4)nc3)c2c1)c1ccnc2[nH]ccc12. The van der Waals surface area contributed by atoms with Crippen LogP contribution in [0.15, 0.2) is 61.1 Å². The third-order valence-electron chi connectivity index (χ3n) is 7.98. The Labute approximate surface area is 215 Å². The van der Waals surface area contributed by atoms with Crippen molar-refractivity contribution in [1.29, 1.82) is 0 Å². The van der Waals surface area contributed by atoms with Crippen LogP contribution in [0.25, 0.3) is 33.2 Å². The molecule has 7 rings (SSSR count). The highest BCUT2D eigenvalue weighted by atomic mass is 16.5. The third-order valence-corrected chi connectivity index (χ3v) is 7.98. The predicted octanol–water partition coefficient (Wildman–Crippen LogP) is 5.79. The summed E-state index contributed by atoms with van der Waals surface area (Å²) in [6, 6.07) is 14.3. The summed E-state index contributed by atoms with van der Waals surface area (Å²) in [4.78, 5) is 14.7. The molecule has 5 aromatic rings. The first-order valence-corrected chi connectivity index (χ1v) is 13.1. The summed E-state index contributed by atoms with van der Waals surface area (Å²) < 4.78 is 12.4. The number of hydrogen-bond acceptors (Lipinski definition) is 6. The van der Waals surface area contributed by atoms with Gasteiger partial charge in [-0.15, -0.1) is 0 Å². The Morgan fingerprint density at radius 1 is 1.03 bits per heavy atom. The number of ether oxygens (including phenoxy) is 2. The molecule has 4 aromatic heterocycles. The maximum atomic E-state index is 6.37. The second-order valence-corrected chi connectivity index (χ2v) is 10.2. The van der Waals surface area contributed by atoms with Gasteiger partial charge < -0.3 is 19.4 Å². The number of anilines is 1. The topological polar surface area (TPSA) is 91.9 Å². The number of hydrogen-bond donors (Lipinski definition) is 2. The smallest absolute Gasteiger partial charge is 0.137 e. The fourth-order valence-electron chi connectivity index (χ4n) is 5.90. The molecule has 2 aliphatic rings. The molecule has 2 aliphatic heterocycles. The molecule has 1 spiro atoms. The molecule has 0 saturated carbocycles. The van der Waals surface area contributed by atoms with E-state index in [0.29, 0.717) is 0 Å². The van der Waals surface area contributed by atoms with Crippen molar-refractivity contribution in [1.82, 2.24) is 25.1 Å². The predicted molar refractivity (Wildman–Crippen MR) is 144 cm³/mol. The standard InChI is InChI=1S/C29H30N6O2/c1-19(22-7-12-30-28-23(22)8-13-31-28)37-21-4-5-25-24(17-21)27(34-33-25)20-3-6-26(32-18-20)35-14-10-29(11-15-35)9-2-16-36-29/h3-8,12-13,17-19H,2,9-11,14-16H2,1H3,(H,30,31)(H,33,34).